The van der Waals surface area contributed by atoms with Crippen LogP contribution in [-0.4, -0.2) is 19.2 Å². The van der Waals surface area contributed by atoms with E-state index in [2.05, 4.69) is 30.4 Å². The van der Waals surface area contributed by atoms with Crippen molar-refractivity contribution >= 4 is 12.4 Å². The highest BCUT2D eigenvalue weighted by Crippen LogP contribution is 2.20. The predicted molar refractivity (Wildman–Crippen MR) is 60.4 cm³/mol. The van der Waals surface area contributed by atoms with E-state index in [1.807, 2.05) is 6.07 Å². The lowest BCUT2D eigenvalue weighted by Gasteiger charge is -2.28. The van der Waals surface area contributed by atoms with Crippen molar-refractivity contribution in [2.24, 2.45) is 0 Å². The van der Waals surface area contributed by atoms with Crippen molar-refractivity contribution in [3.05, 3.63) is 29.8 Å². The summed E-state index contributed by atoms with van der Waals surface area (Å²) < 4.78 is 5.81. The summed E-state index contributed by atoms with van der Waals surface area (Å²) in [5.74, 6) is 1.05. The van der Waals surface area contributed by atoms with Crippen molar-refractivity contribution in [2.45, 2.75) is 19.4 Å². The van der Waals surface area contributed by atoms with Crippen molar-refractivity contribution in [1.29, 1.82) is 0 Å². The van der Waals surface area contributed by atoms with E-state index in [-0.39, 0.29) is 12.4 Å². The summed E-state index contributed by atoms with van der Waals surface area (Å²) in [7, 11) is 0. The van der Waals surface area contributed by atoms with Gasteiger partial charge in [-0.3, -0.25) is 0 Å². The molecule has 0 saturated carbocycles. The van der Waals surface area contributed by atoms with Crippen molar-refractivity contribution in [1.82, 2.24) is 5.32 Å². The molecule has 0 bridgehead atoms. The third kappa shape index (κ3) is 2.40. The molecule has 1 aromatic carbocycles. The van der Waals surface area contributed by atoms with Gasteiger partial charge in [-0.05, 0) is 18.1 Å². The highest BCUT2D eigenvalue weighted by Gasteiger charge is 2.18. The van der Waals surface area contributed by atoms with E-state index >= 15 is 0 Å². The van der Waals surface area contributed by atoms with Gasteiger partial charge in [0.15, 0.2) is 0 Å². The molecule has 1 heterocycles. The number of hydrogen-bond acceptors (Lipinski definition) is 2. The number of para-hydroxylation sites is 1. The molecule has 0 radical (unpaired) electrons. The molecule has 1 aliphatic rings. The van der Waals surface area contributed by atoms with E-state index in [4.69, 9.17) is 4.74 Å². The first-order chi connectivity index (χ1) is 6.40. The highest BCUT2D eigenvalue weighted by molar-refractivity contribution is 5.85. The van der Waals surface area contributed by atoms with Gasteiger partial charge in [0.2, 0.25) is 0 Å². The molecule has 0 aliphatic carbocycles. The molecule has 1 saturated heterocycles. The average Bonchev–Trinajstić information content (AvgIpc) is 2.12. The average molecular weight is 214 g/mol. The second-order valence-electron chi connectivity index (χ2n) is 3.36. The smallest absolute Gasteiger partial charge is 0.123 e. The SMILES string of the molecule is CCc1ccccc1OC1CNC1.Cl. The van der Waals surface area contributed by atoms with Crippen LogP contribution in [0, 0.1) is 0 Å². The fourth-order valence-corrected chi connectivity index (χ4v) is 1.44. The summed E-state index contributed by atoms with van der Waals surface area (Å²) in [6.07, 6.45) is 1.42. The Hall–Kier alpha value is -0.730. The number of halogens is 1. The van der Waals surface area contributed by atoms with Crippen LogP contribution in [0.3, 0.4) is 0 Å². The molecule has 2 rings (SSSR count). The first-order valence-electron chi connectivity index (χ1n) is 4.85. The van der Waals surface area contributed by atoms with Crippen molar-refractivity contribution in [3.63, 3.8) is 0 Å². The Kier molecular flexibility index (Phi) is 4.23. The maximum Gasteiger partial charge on any atom is 0.123 e. The van der Waals surface area contributed by atoms with Gasteiger partial charge in [0.25, 0.3) is 0 Å². The maximum atomic E-state index is 5.81. The van der Waals surface area contributed by atoms with Crippen LogP contribution in [-0.2, 0) is 6.42 Å². The minimum atomic E-state index is 0. The normalized spacial score (nSPS) is 15.5. The molecule has 1 aliphatic heterocycles. The van der Waals surface area contributed by atoms with Crippen LogP contribution >= 0.6 is 12.4 Å². The minimum Gasteiger partial charge on any atom is -0.487 e. The summed E-state index contributed by atoms with van der Waals surface area (Å²) in [5.41, 5.74) is 1.30. The van der Waals surface area contributed by atoms with Gasteiger partial charge in [-0.15, -0.1) is 12.4 Å². The van der Waals surface area contributed by atoms with Crippen LogP contribution < -0.4 is 10.1 Å². The zero-order valence-electron chi connectivity index (χ0n) is 8.32. The van der Waals surface area contributed by atoms with Crippen LogP contribution in [0.1, 0.15) is 12.5 Å². The quantitative estimate of drug-likeness (QED) is 0.830. The third-order valence-corrected chi connectivity index (χ3v) is 2.39. The zero-order valence-corrected chi connectivity index (χ0v) is 9.14. The van der Waals surface area contributed by atoms with Crippen molar-refractivity contribution in [3.8, 4) is 5.75 Å². The van der Waals surface area contributed by atoms with Gasteiger partial charge in [0.05, 0.1) is 0 Å². The van der Waals surface area contributed by atoms with Crippen LogP contribution in [0.4, 0.5) is 0 Å². The first kappa shape index (κ1) is 11.3. The van der Waals surface area contributed by atoms with E-state index in [0.29, 0.717) is 6.10 Å². The second-order valence-corrected chi connectivity index (χ2v) is 3.36. The number of rotatable bonds is 3. The summed E-state index contributed by atoms with van der Waals surface area (Å²) in [5, 5.41) is 3.19. The van der Waals surface area contributed by atoms with E-state index < -0.39 is 0 Å². The third-order valence-electron chi connectivity index (χ3n) is 2.39. The Bertz CT molecular complexity index is 286. The van der Waals surface area contributed by atoms with Crippen LogP contribution in [0.5, 0.6) is 5.75 Å². The molecule has 0 unspecified atom stereocenters. The van der Waals surface area contributed by atoms with E-state index in [1.165, 1.54) is 5.56 Å². The molecule has 0 atom stereocenters. The molecule has 0 spiro atoms. The zero-order chi connectivity index (χ0) is 9.10. The lowest BCUT2D eigenvalue weighted by molar-refractivity contribution is 0.141. The molecule has 0 aromatic heterocycles. The lowest BCUT2D eigenvalue weighted by atomic mass is 10.1. The lowest BCUT2D eigenvalue weighted by Crippen LogP contribution is -2.50. The summed E-state index contributed by atoms with van der Waals surface area (Å²) in [4.78, 5) is 0. The molecule has 1 N–H and O–H groups in total. The summed E-state index contributed by atoms with van der Waals surface area (Å²) >= 11 is 0. The number of aryl methyl sites for hydroxylation is 1. The van der Waals surface area contributed by atoms with Crippen molar-refractivity contribution < 1.29 is 4.74 Å². The molecular weight excluding hydrogens is 198 g/mol. The fraction of sp³-hybridized carbons (Fsp3) is 0.455. The van der Waals surface area contributed by atoms with Gasteiger partial charge >= 0.3 is 0 Å². The summed E-state index contributed by atoms with van der Waals surface area (Å²) in [6.45, 7) is 4.12. The fourth-order valence-electron chi connectivity index (χ4n) is 1.44. The number of hydrogen-bond donors (Lipinski definition) is 1. The standard InChI is InChI=1S/C11H15NO.ClH/c1-2-9-5-3-4-6-11(9)13-10-7-12-8-10;/h3-6,10,12H,2,7-8H2,1H3;1H. The predicted octanol–water partition coefficient (Wildman–Crippen LogP) is 2.02. The molecular formula is C11H16ClNO. The van der Waals surface area contributed by atoms with Gasteiger partial charge < -0.3 is 10.1 Å². The number of benzene rings is 1. The van der Waals surface area contributed by atoms with Gasteiger partial charge in [-0.2, -0.15) is 0 Å². The minimum absolute atomic E-state index is 0. The van der Waals surface area contributed by atoms with Crippen LogP contribution in [0.25, 0.3) is 0 Å². The molecule has 2 nitrogen and oxygen atoms in total. The van der Waals surface area contributed by atoms with E-state index in [9.17, 15) is 0 Å². The molecule has 0 amide bonds. The largest absolute Gasteiger partial charge is 0.487 e. The van der Waals surface area contributed by atoms with Gasteiger partial charge in [0, 0.05) is 13.1 Å². The Balaban J connectivity index is 0.000000980. The Labute approximate surface area is 91.1 Å². The molecule has 78 valence electrons. The Morgan fingerprint density at radius 1 is 1.36 bits per heavy atom. The Morgan fingerprint density at radius 3 is 2.64 bits per heavy atom. The molecule has 14 heavy (non-hydrogen) atoms. The monoisotopic (exact) mass is 213 g/mol. The van der Waals surface area contributed by atoms with Gasteiger partial charge in [-0.25, -0.2) is 0 Å². The van der Waals surface area contributed by atoms with E-state index in [0.717, 1.165) is 25.3 Å². The Morgan fingerprint density at radius 2 is 2.07 bits per heavy atom. The number of ether oxygens (including phenoxy) is 1. The second kappa shape index (κ2) is 5.23. The van der Waals surface area contributed by atoms with Gasteiger partial charge in [-0.1, -0.05) is 25.1 Å². The van der Waals surface area contributed by atoms with E-state index in [1.54, 1.807) is 0 Å². The van der Waals surface area contributed by atoms with Gasteiger partial charge in [0.1, 0.15) is 11.9 Å². The number of nitrogens with one attached hydrogen (secondary N) is 1. The molecule has 1 aromatic rings. The maximum absolute atomic E-state index is 5.81. The summed E-state index contributed by atoms with van der Waals surface area (Å²) in [6, 6.07) is 8.27. The van der Waals surface area contributed by atoms with Crippen molar-refractivity contribution in [2.75, 3.05) is 13.1 Å². The highest BCUT2D eigenvalue weighted by atomic mass is 35.5. The molecule has 3 heteroatoms. The molecule has 1 fully saturated rings. The van der Waals surface area contributed by atoms with Crippen LogP contribution in [0.2, 0.25) is 0 Å². The van der Waals surface area contributed by atoms with Crippen LogP contribution in [0.15, 0.2) is 24.3 Å². The topological polar surface area (TPSA) is 21.3 Å². The first-order valence-corrected chi connectivity index (χ1v) is 4.85.